The van der Waals surface area contributed by atoms with Crippen molar-refractivity contribution in [2.24, 2.45) is 5.73 Å². The van der Waals surface area contributed by atoms with Crippen LogP contribution >= 0.6 is 0 Å². The van der Waals surface area contributed by atoms with Crippen molar-refractivity contribution in [1.82, 2.24) is 4.72 Å². The molecule has 0 fully saturated rings. The molecular formula is C12H19FN2O4S. The topological polar surface area (TPSA) is 90.7 Å². The number of methoxy groups -OCH3 is 2. The smallest absolute Gasteiger partial charge is 0.243 e. The second kappa shape index (κ2) is 6.87. The van der Waals surface area contributed by atoms with Gasteiger partial charge in [0, 0.05) is 24.7 Å². The summed E-state index contributed by atoms with van der Waals surface area (Å²) in [6.45, 7) is 1.89. The average molecular weight is 306 g/mol. The standard InChI is InChI=1S/C12H19FN2O4S/c1-8(14)4-5-15-20(16,17)12-7-11(19-3)10(18-2)6-9(12)13/h6-8,15H,4-5,14H2,1-3H3. The molecule has 0 amide bonds. The van der Waals surface area contributed by atoms with Crippen LogP contribution in [0, 0.1) is 5.82 Å². The predicted molar refractivity (Wildman–Crippen MR) is 73.0 cm³/mol. The maximum atomic E-state index is 13.9. The lowest BCUT2D eigenvalue weighted by molar-refractivity contribution is 0.350. The fourth-order valence-corrected chi connectivity index (χ4v) is 2.66. The fraction of sp³-hybridized carbons (Fsp3) is 0.500. The SMILES string of the molecule is COc1cc(F)c(S(=O)(=O)NCCC(C)N)cc1OC. The van der Waals surface area contributed by atoms with E-state index in [4.69, 9.17) is 15.2 Å². The largest absolute Gasteiger partial charge is 0.493 e. The predicted octanol–water partition coefficient (Wildman–Crippen LogP) is 0.859. The second-order valence-corrected chi connectivity index (χ2v) is 6.04. The highest BCUT2D eigenvalue weighted by Gasteiger charge is 2.22. The van der Waals surface area contributed by atoms with Crippen LogP contribution in [-0.4, -0.2) is 35.2 Å². The Kier molecular flexibility index (Phi) is 5.73. The van der Waals surface area contributed by atoms with Crippen molar-refractivity contribution < 1.29 is 22.3 Å². The molecule has 0 saturated carbocycles. The molecule has 0 bridgehead atoms. The summed E-state index contributed by atoms with van der Waals surface area (Å²) in [5.74, 6) is -0.642. The average Bonchev–Trinajstić information content (AvgIpc) is 2.37. The van der Waals surface area contributed by atoms with E-state index in [1.807, 2.05) is 0 Å². The van der Waals surface area contributed by atoms with Gasteiger partial charge in [0.2, 0.25) is 10.0 Å². The van der Waals surface area contributed by atoms with Crippen molar-refractivity contribution in [3.8, 4) is 11.5 Å². The van der Waals surface area contributed by atoms with Gasteiger partial charge in [-0.2, -0.15) is 0 Å². The first kappa shape index (κ1) is 16.7. The first-order valence-corrected chi connectivity index (χ1v) is 7.47. The molecule has 1 aromatic carbocycles. The number of nitrogens with one attached hydrogen (secondary N) is 1. The van der Waals surface area contributed by atoms with E-state index in [-0.39, 0.29) is 24.1 Å². The summed E-state index contributed by atoms with van der Waals surface area (Å²) in [7, 11) is -1.28. The Bertz CT molecular complexity index is 561. The van der Waals surface area contributed by atoms with Gasteiger partial charge in [0.15, 0.2) is 11.5 Å². The van der Waals surface area contributed by atoms with Gasteiger partial charge >= 0.3 is 0 Å². The molecule has 0 spiro atoms. The van der Waals surface area contributed by atoms with Gasteiger partial charge in [0.05, 0.1) is 14.2 Å². The van der Waals surface area contributed by atoms with E-state index in [2.05, 4.69) is 4.72 Å². The number of hydrogen-bond acceptors (Lipinski definition) is 5. The third kappa shape index (κ3) is 4.06. The van der Waals surface area contributed by atoms with Crippen molar-refractivity contribution >= 4 is 10.0 Å². The van der Waals surface area contributed by atoms with Gasteiger partial charge < -0.3 is 15.2 Å². The summed E-state index contributed by atoms with van der Waals surface area (Å²) in [6.07, 6.45) is 0.453. The summed E-state index contributed by atoms with van der Waals surface area (Å²) in [5.41, 5.74) is 5.53. The van der Waals surface area contributed by atoms with Crippen LogP contribution in [0.3, 0.4) is 0 Å². The van der Waals surface area contributed by atoms with E-state index in [1.54, 1.807) is 6.92 Å². The third-order valence-corrected chi connectivity index (χ3v) is 4.10. The van der Waals surface area contributed by atoms with Gasteiger partial charge in [-0.1, -0.05) is 0 Å². The Labute approximate surface area is 118 Å². The van der Waals surface area contributed by atoms with Gasteiger partial charge in [-0.25, -0.2) is 17.5 Å². The van der Waals surface area contributed by atoms with E-state index in [0.717, 1.165) is 12.1 Å². The molecule has 0 aliphatic carbocycles. The highest BCUT2D eigenvalue weighted by Crippen LogP contribution is 2.31. The number of benzene rings is 1. The summed E-state index contributed by atoms with van der Waals surface area (Å²) in [4.78, 5) is -0.486. The molecule has 3 N–H and O–H groups in total. The van der Waals surface area contributed by atoms with Gasteiger partial charge in [0.25, 0.3) is 0 Å². The van der Waals surface area contributed by atoms with Crippen molar-refractivity contribution in [3.63, 3.8) is 0 Å². The van der Waals surface area contributed by atoms with E-state index in [9.17, 15) is 12.8 Å². The van der Waals surface area contributed by atoms with Gasteiger partial charge in [-0.3, -0.25) is 0 Å². The number of nitrogens with two attached hydrogens (primary N) is 1. The lowest BCUT2D eigenvalue weighted by Crippen LogP contribution is -2.29. The van der Waals surface area contributed by atoms with Crippen molar-refractivity contribution in [2.45, 2.75) is 24.3 Å². The molecule has 6 nitrogen and oxygen atoms in total. The minimum absolute atomic E-state index is 0.125. The van der Waals surface area contributed by atoms with Crippen LogP contribution in [0.4, 0.5) is 4.39 Å². The Morgan fingerprint density at radius 2 is 1.85 bits per heavy atom. The molecule has 1 rings (SSSR count). The van der Waals surface area contributed by atoms with E-state index in [1.165, 1.54) is 14.2 Å². The minimum Gasteiger partial charge on any atom is -0.493 e. The number of rotatable bonds is 7. The van der Waals surface area contributed by atoms with Crippen molar-refractivity contribution in [2.75, 3.05) is 20.8 Å². The Morgan fingerprint density at radius 3 is 2.35 bits per heavy atom. The number of halogens is 1. The van der Waals surface area contributed by atoms with Crippen LogP contribution in [-0.2, 0) is 10.0 Å². The highest BCUT2D eigenvalue weighted by atomic mass is 32.2. The van der Waals surface area contributed by atoms with E-state index >= 15 is 0 Å². The lowest BCUT2D eigenvalue weighted by Gasteiger charge is -2.12. The zero-order valence-electron chi connectivity index (χ0n) is 11.6. The first-order valence-electron chi connectivity index (χ1n) is 5.98. The molecule has 0 radical (unpaired) electrons. The van der Waals surface area contributed by atoms with Crippen LogP contribution in [0.15, 0.2) is 17.0 Å². The molecule has 0 aromatic heterocycles. The zero-order chi connectivity index (χ0) is 15.3. The number of hydrogen-bond donors (Lipinski definition) is 2. The third-order valence-electron chi connectivity index (χ3n) is 2.62. The summed E-state index contributed by atoms with van der Waals surface area (Å²) in [6, 6.07) is 1.91. The molecule has 0 aliphatic rings. The van der Waals surface area contributed by atoms with Gasteiger partial charge in [-0.15, -0.1) is 0 Å². The maximum Gasteiger partial charge on any atom is 0.243 e. The molecule has 1 unspecified atom stereocenters. The molecule has 1 atom stereocenters. The summed E-state index contributed by atoms with van der Waals surface area (Å²) < 4.78 is 50.0. The summed E-state index contributed by atoms with van der Waals surface area (Å²) in [5, 5.41) is 0. The van der Waals surface area contributed by atoms with Gasteiger partial charge in [0.1, 0.15) is 10.7 Å². The summed E-state index contributed by atoms with van der Waals surface area (Å²) >= 11 is 0. The number of sulfonamides is 1. The van der Waals surface area contributed by atoms with E-state index < -0.39 is 20.7 Å². The Morgan fingerprint density at radius 1 is 1.30 bits per heavy atom. The monoisotopic (exact) mass is 306 g/mol. The molecular weight excluding hydrogens is 287 g/mol. The zero-order valence-corrected chi connectivity index (χ0v) is 12.5. The number of ether oxygens (including phenoxy) is 2. The van der Waals surface area contributed by atoms with Crippen molar-refractivity contribution in [3.05, 3.63) is 17.9 Å². The quantitative estimate of drug-likeness (QED) is 0.779. The lowest BCUT2D eigenvalue weighted by atomic mass is 10.3. The van der Waals surface area contributed by atoms with E-state index in [0.29, 0.717) is 6.42 Å². The molecule has 8 heteroatoms. The second-order valence-electron chi connectivity index (χ2n) is 4.30. The highest BCUT2D eigenvalue weighted by molar-refractivity contribution is 7.89. The molecule has 20 heavy (non-hydrogen) atoms. The fourth-order valence-electron chi connectivity index (χ4n) is 1.54. The van der Waals surface area contributed by atoms with Crippen LogP contribution in [0.1, 0.15) is 13.3 Å². The normalized spacial score (nSPS) is 13.1. The van der Waals surface area contributed by atoms with Crippen LogP contribution < -0.4 is 19.9 Å². The Hall–Kier alpha value is -1.38. The molecule has 0 aliphatic heterocycles. The first-order chi connectivity index (χ1) is 9.31. The maximum absolute atomic E-state index is 13.9. The van der Waals surface area contributed by atoms with Gasteiger partial charge in [-0.05, 0) is 13.3 Å². The molecule has 1 aromatic rings. The minimum atomic E-state index is -3.96. The molecule has 114 valence electrons. The van der Waals surface area contributed by atoms with Crippen LogP contribution in [0.5, 0.6) is 11.5 Å². The molecule has 0 saturated heterocycles. The molecule has 0 heterocycles. The van der Waals surface area contributed by atoms with Crippen LogP contribution in [0.25, 0.3) is 0 Å². The van der Waals surface area contributed by atoms with Crippen molar-refractivity contribution in [1.29, 1.82) is 0 Å². The Balaban J connectivity index is 3.05. The van der Waals surface area contributed by atoms with Crippen LogP contribution in [0.2, 0.25) is 0 Å².